The van der Waals surface area contributed by atoms with E-state index in [4.69, 9.17) is 0 Å². The molecule has 0 spiro atoms. The van der Waals surface area contributed by atoms with Crippen LogP contribution in [0.25, 0.3) is 0 Å². The van der Waals surface area contributed by atoms with Gasteiger partial charge in [-0.05, 0) is 12.8 Å². The molecule has 3 nitrogen and oxygen atoms in total. The largest absolute Gasteiger partial charge is 0.401 e. The zero-order valence-electron chi connectivity index (χ0n) is 11.7. The monoisotopic (exact) mass is 289 g/mol. The molecule has 2 aliphatic rings. The van der Waals surface area contributed by atoms with Crippen LogP contribution in [0.2, 0.25) is 0 Å². The lowest BCUT2D eigenvalue weighted by Gasteiger charge is -2.40. The van der Waals surface area contributed by atoms with Crippen molar-refractivity contribution in [1.29, 1.82) is 5.26 Å². The Kier molecular flexibility index (Phi) is 5.28. The minimum Gasteiger partial charge on any atom is -0.297 e. The zero-order valence-corrected chi connectivity index (χ0v) is 11.7. The van der Waals surface area contributed by atoms with Crippen LogP contribution in [0.3, 0.4) is 0 Å². The number of nitrogens with zero attached hydrogens (tertiary/aromatic N) is 3. The van der Waals surface area contributed by atoms with Crippen molar-refractivity contribution in [1.82, 2.24) is 9.80 Å². The van der Waals surface area contributed by atoms with E-state index in [9.17, 15) is 18.4 Å². The van der Waals surface area contributed by atoms with Crippen molar-refractivity contribution in [3.8, 4) is 6.07 Å². The third-order valence-electron chi connectivity index (χ3n) is 4.42. The molecule has 0 bridgehead atoms. The number of hydrogen-bond acceptors (Lipinski definition) is 3. The molecule has 0 aromatic heterocycles. The topological polar surface area (TPSA) is 30.3 Å². The summed E-state index contributed by atoms with van der Waals surface area (Å²) >= 11 is 0. The van der Waals surface area contributed by atoms with E-state index in [1.165, 1.54) is 11.3 Å². The molecule has 1 aliphatic heterocycles. The third-order valence-corrected chi connectivity index (χ3v) is 4.42. The Morgan fingerprint density at radius 1 is 1.00 bits per heavy atom. The zero-order chi connectivity index (χ0) is 14.6. The lowest BCUT2D eigenvalue weighted by Crippen LogP contribution is -2.53. The summed E-state index contributed by atoms with van der Waals surface area (Å²) < 4.78 is 37.1. The van der Waals surface area contributed by atoms with Gasteiger partial charge in [-0.3, -0.25) is 9.80 Å². The van der Waals surface area contributed by atoms with Gasteiger partial charge in [0, 0.05) is 32.2 Å². The second-order valence-electron chi connectivity index (χ2n) is 5.87. The van der Waals surface area contributed by atoms with Crippen molar-refractivity contribution in [2.75, 3.05) is 32.7 Å². The molecule has 0 N–H and O–H groups in total. The lowest BCUT2D eigenvalue weighted by atomic mass is 9.94. The molecule has 2 fully saturated rings. The molecule has 1 heterocycles. The quantitative estimate of drug-likeness (QED) is 0.732. The molecule has 2 rings (SSSR count). The first-order valence-corrected chi connectivity index (χ1v) is 7.42. The summed E-state index contributed by atoms with van der Waals surface area (Å²) in [7, 11) is 0. The molecular weight excluding hydrogens is 267 g/mol. The van der Waals surface area contributed by atoms with Gasteiger partial charge in [0.1, 0.15) is 0 Å². The highest BCUT2D eigenvalue weighted by Crippen LogP contribution is 2.28. The minimum absolute atomic E-state index is 0.0478. The Labute approximate surface area is 118 Å². The van der Waals surface area contributed by atoms with E-state index in [2.05, 4.69) is 11.0 Å². The minimum atomic E-state index is -4.11. The van der Waals surface area contributed by atoms with Gasteiger partial charge >= 0.3 is 6.18 Å². The molecule has 6 heteroatoms. The summed E-state index contributed by atoms with van der Waals surface area (Å²) in [5.41, 5.74) is 0. The summed E-state index contributed by atoms with van der Waals surface area (Å²) in [6.07, 6.45) is 1.23. The number of hydrogen-bond donors (Lipinski definition) is 0. The highest BCUT2D eigenvalue weighted by molar-refractivity contribution is 4.95. The Balaban J connectivity index is 1.87. The van der Waals surface area contributed by atoms with Crippen molar-refractivity contribution in [3.63, 3.8) is 0 Å². The Morgan fingerprint density at radius 2 is 1.65 bits per heavy atom. The molecule has 114 valence electrons. The normalized spacial score (nSPS) is 30.7. The molecule has 0 radical (unpaired) electrons. The number of alkyl halides is 3. The van der Waals surface area contributed by atoms with Crippen LogP contribution in [0.15, 0.2) is 0 Å². The van der Waals surface area contributed by atoms with Crippen molar-refractivity contribution in [2.24, 2.45) is 5.92 Å². The molecular formula is C14H22F3N3. The summed E-state index contributed by atoms with van der Waals surface area (Å²) in [5, 5.41) is 9.29. The molecule has 2 unspecified atom stereocenters. The average Bonchev–Trinajstić information content (AvgIpc) is 2.63. The van der Waals surface area contributed by atoms with E-state index >= 15 is 0 Å². The van der Waals surface area contributed by atoms with E-state index in [1.54, 1.807) is 0 Å². The number of piperazine rings is 1. The van der Waals surface area contributed by atoms with Crippen LogP contribution in [0, 0.1) is 17.2 Å². The molecule has 0 aromatic carbocycles. The molecule has 0 aromatic rings. The van der Waals surface area contributed by atoms with Crippen LogP contribution >= 0.6 is 0 Å². The van der Waals surface area contributed by atoms with Crippen LogP contribution in [-0.4, -0.2) is 54.7 Å². The first-order valence-electron chi connectivity index (χ1n) is 7.42. The van der Waals surface area contributed by atoms with Gasteiger partial charge in [0.2, 0.25) is 0 Å². The molecule has 1 saturated heterocycles. The van der Waals surface area contributed by atoms with Gasteiger partial charge in [-0.1, -0.05) is 19.3 Å². The van der Waals surface area contributed by atoms with Crippen molar-refractivity contribution in [2.45, 2.75) is 44.3 Å². The SMILES string of the molecule is N#CC1CCCCCC1N1CCN(CC(F)(F)F)CC1. The first kappa shape index (κ1) is 15.6. The lowest BCUT2D eigenvalue weighted by molar-refractivity contribution is -0.150. The summed E-state index contributed by atoms with van der Waals surface area (Å²) in [4.78, 5) is 3.71. The molecule has 20 heavy (non-hydrogen) atoms. The van der Waals surface area contributed by atoms with Gasteiger partial charge in [0.05, 0.1) is 18.5 Å². The Hall–Kier alpha value is -0.800. The first-order chi connectivity index (χ1) is 9.49. The second-order valence-corrected chi connectivity index (χ2v) is 5.87. The van der Waals surface area contributed by atoms with E-state index in [0.29, 0.717) is 26.2 Å². The molecule has 0 amide bonds. The predicted molar refractivity (Wildman–Crippen MR) is 70.0 cm³/mol. The van der Waals surface area contributed by atoms with Crippen molar-refractivity contribution >= 4 is 0 Å². The van der Waals surface area contributed by atoms with Gasteiger partial charge in [-0.15, -0.1) is 0 Å². The van der Waals surface area contributed by atoms with E-state index < -0.39 is 12.7 Å². The van der Waals surface area contributed by atoms with E-state index in [-0.39, 0.29) is 12.0 Å². The second kappa shape index (κ2) is 6.77. The van der Waals surface area contributed by atoms with Crippen molar-refractivity contribution < 1.29 is 13.2 Å². The molecule has 1 aliphatic carbocycles. The third kappa shape index (κ3) is 4.35. The Bertz CT molecular complexity index is 343. The summed E-state index contributed by atoms with van der Waals surface area (Å²) in [5.74, 6) is 0.0478. The highest BCUT2D eigenvalue weighted by Gasteiger charge is 2.35. The van der Waals surface area contributed by atoms with Gasteiger partial charge in [0.15, 0.2) is 0 Å². The fraction of sp³-hybridized carbons (Fsp3) is 0.929. The van der Waals surface area contributed by atoms with Crippen LogP contribution in [0.4, 0.5) is 13.2 Å². The fourth-order valence-corrected chi connectivity index (χ4v) is 3.38. The average molecular weight is 289 g/mol. The van der Waals surface area contributed by atoms with Crippen LogP contribution in [0.1, 0.15) is 32.1 Å². The van der Waals surface area contributed by atoms with Crippen LogP contribution in [0.5, 0.6) is 0 Å². The van der Waals surface area contributed by atoms with Gasteiger partial charge < -0.3 is 0 Å². The standard InChI is InChI=1S/C14H22F3N3/c15-14(16,17)11-19-6-8-20(9-7-19)13-5-3-1-2-4-12(13)10-18/h12-13H,1-9,11H2. The predicted octanol–water partition coefficient (Wildman–Crippen LogP) is 2.64. The van der Waals surface area contributed by atoms with E-state index in [1.807, 2.05) is 0 Å². The smallest absolute Gasteiger partial charge is 0.297 e. The van der Waals surface area contributed by atoms with Crippen LogP contribution in [-0.2, 0) is 0 Å². The van der Waals surface area contributed by atoms with Crippen LogP contribution < -0.4 is 0 Å². The van der Waals surface area contributed by atoms with Crippen molar-refractivity contribution in [3.05, 3.63) is 0 Å². The fourth-order valence-electron chi connectivity index (χ4n) is 3.38. The maximum Gasteiger partial charge on any atom is 0.401 e. The number of nitriles is 1. The number of halogens is 3. The summed E-state index contributed by atoms with van der Waals surface area (Å²) in [6, 6.07) is 2.65. The van der Waals surface area contributed by atoms with E-state index in [0.717, 1.165) is 25.7 Å². The maximum atomic E-state index is 12.4. The van der Waals surface area contributed by atoms with Gasteiger partial charge in [-0.25, -0.2) is 0 Å². The Morgan fingerprint density at radius 3 is 2.25 bits per heavy atom. The van der Waals surface area contributed by atoms with Gasteiger partial charge in [0.25, 0.3) is 0 Å². The maximum absolute atomic E-state index is 12.4. The molecule has 2 atom stereocenters. The molecule has 1 saturated carbocycles. The summed E-state index contributed by atoms with van der Waals surface area (Å²) in [6.45, 7) is 1.40. The number of rotatable bonds is 2. The van der Waals surface area contributed by atoms with Gasteiger partial charge in [-0.2, -0.15) is 18.4 Å². The highest BCUT2D eigenvalue weighted by atomic mass is 19.4.